The number of nitrogens with zero attached hydrogens (tertiary/aromatic N) is 3. The quantitative estimate of drug-likeness (QED) is 0.404. The lowest BCUT2D eigenvalue weighted by molar-refractivity contribution is -0.138. The monoisotopic (exact) mass is 437 g/mol. The van der Waals surface area contributed by atoms with Crippen molar-refractivity contribution >= 4 is 46.4 Å². The highest BCUT2D eigenvalue weighted by Gasteiger charge is 2.26. The fourth-order valence-electron chi connectivity index (χ4n) is 3.26. The summed E-state index contributed by atoms with van der Waals surface area (Å²) in [5, 5.41) is 22.1. The summed E-state index contributed by atoms with van der Waals surface area (Å²) in [7, 11) is 0. The lowest BCUT2D eigenvalue weighted by Gasteiger charge is -2.22. The summed E-state index contributed by atoms with van der Waals surface area (Å²) in [4.78, 5) is 48.6. The molecule has 0 spiro atoms. The predicted octanol–water partition coefficient (Wildman–Crippen LogP) is 3.64. The Morgan fingerprint density at radius 1 is 0.969 bits per heavy atom. The van der Waals surface area contributed by atoms with E-state index in [0.29, 0.717) is 17.1 Å². The third-order valence-electron chi connectivity index (χ3n) is 4.94. The van der Waals surface area contributed by atoms with E-state index < -0.39 is 23.7 Å². The molecular formula is C22H23N5O5. The van der Waals surface area contributed by atoms with Crippen molar-refractivity contribution in [2.75, 3.05) is 23.3 Å². The molecule has 0 saturated heterocycles. The smallest absolute Gasteiger partial charge is 0.303 e. The zero-order valence-electron chi connectivity index (χ0n) is 17.7. The Bertz CT molecular complexity index is 1110. The molecule has 32 heavy (non-hydrogen) atoms. The van der Waals surface area contributed by atoms with Crippen molar-refractivity contribution < 1.29 is 24.3 Å². The van der Waals surface area contributed by atoms with Gasteiger partial charge in [0.1, 0.15) is 5.69 Å². The van der Waals surface area contributed by atoms with E-state index in [2.05, 4.69) is 25.8 Å². The Morgan fingerprint density at radius 2 is 1.69 bits per heavy atom. The molecule has 0 aliphatic carbocycles. The molecule has 3 rings (SSSR count). The largest absolute Gasteiger partial charge is 0.481 e. The summed E-state index contributed by atoms with van der Waals surface area (Å²) in [6, 6.07) is 9.85. The standard InChI is InChI=1S/C22H23N5O5/c1-3-27(4-2)14-6-8-17(18(12-14)23-19(28)9-10-20(29)30)26-25-13-5-7-15-16(11-13)22(32)24-21(15)31/h5-8,11-12H,3-4,9-10H2,1-2H3,(H,23,28)(H,29,30)(H,24,31,32). The van der Waals surface area contributed by atoms with Gasteiger partial charge < -0.3 is 15.3 Å². The first-order chi connectivity index (χ1) is 15.3. The van der Waals surface area contributed by atoms with Crippen molar-refractivity contribution in [1.29, 1.82) is 0 Å². The van der Waals surface area contributed by atoms with Crippen LogP contribution in [0.3, 0.4) is 0 Å². The van der Waals surface area contributed by atoms with Crippen LogP contribution in [0.15, 0.2) is 46.6 Å². The molecule has 3 amide bonds. The van der Waals surface area contributed by atoms with Gasteiger partial charge in [0.2, 0.25) is 5.91 Å². The van der Waals surface area contributed by atoms with Gasteiger partial charge in [0.05, 0.1) is 28.9 Å². The average Bonchev–Trinajstić information content (AvgIpc) is 3.05. The van der Waals surface area contributed by atoms with Crippen LogP contribution in [0.4, 0.5) is 22.7 Å². The molecule has 0 bridgehead atoms. The molecule has 0 aromatic heterocycles. The van der Waals surface area contributed by atoms with Crippen LogP contribution in [0, 0.1) is 0 Å². The molecule has 1 aliphatic rings. The van der Waals surface area contributed by atoms with Crippen LogP contribution in [0.5, 0.6) is 0 Å². The van der Waals surface area contributed by atoms with Crippen molar-refractivity contribution in [3.8, 4) is 0 Å². The number of amides is 3. The predicted molar refractivity (Wildman–Crippen MR) is 118 cm³/mol. The maximum absolute atomic E-state index is 12.2. The van der Waals surface area contributed by atoms with E-state index in [9.17, 15) is 19.2 Å². The minimum atomic E-state index is -1.06. The van der Waals surface area contributed by atoms with Gasteiger partial charge in [-0.1, -0.05) is 0 Å². The minimum Gasteiger partial charge on any atom is -0.481 e. The van der Waals surface area contributed by atoms with E-state index in [-0.39, 0.29) is 24.0 Å². The van der Waals surface area contributed by atoms with Crippen LogP contribution in [0.1, 0.15) is 47.4 Å². The molecule has 166 valence electrons. The number of fused-ring (bicyclic) bond motifs is 1. The van der Waals surface area contributed by atoms with E-state index in [1.54, 1.807) is 18.2 Å². The molecule has 0 unspecified atom stereocenters. The van der Waals surface area contributed by atoms with Crippen molar-refractivity contribution in [3.63, 3.8) is 0 Å². The van der Waals surface area contributed by atoms with E-state index in [1.165, 1.54) is 12.1 Å². The van der Waals surface area contributed by atoms with Crippen molar-refractivity contribution in [2.24, 2.45) is 10.2 Å². The molecule has 1 heterocycles. The van der Waals surface area contributed by atoms with Crippen molar-refractivity contribution in [1.82, 2.24) is 5.32 Å². The number of carboxylic acid groups (broad SMARTS) is 1. The van der Waals surface area contributed by atoms with Gasteiger partial charge in [-0.15, -0.1) is 5.11 Å². The number of nitrogens with one attached hydrogen (secondary N) is 2. The van der Waals surface area contributed by atoms with Gasteiger partial charge in [0.25, 0.3) is 11.8 Å². The summed E-state index contributed by atoms with van der Waals surface area (Å²) in [6.07, 6.45) is -0.455. The Kier molecular flexibility index (Phi) is 6.93. The second-order valence-corrected chi connectivity index (χ2v) is 7.03. The van der Waals surface area contributed by atoms with Crippen LogP contribution < -0.4 is 15.5 Å². The normalized spacial score (nSPS) is 12.6. The number of carbonyl (C=O) groups excluding carboxylic acids is 3. The van der Waals surface area contributed by atoms with Crippen LogP contribution in [-0.4, -0.2) is 41.9 Å². The van der Waals surface area contributed by atoms with Gasteiger partial charge in [-0.2, -0.15) is 5.11 Å². The Balaban J connectivity index is 1.89. The first-order valence-corrected chi connectivity index (χ1v) is 10.1. The third-order valence-corrected chi connectivity index (χ3v) is 4.94. The molecule has 3 N–H and O–H groups in total. The fraction of sp³-hybridized carbons (Fsp3) is 0.273. The highest BCUT2D eigenvalue weighted by Crippen LogP contribution is 2.32. The number of aliphatic carboxylic acids is 1. The first-order valence-electron chi connectivity index (χ1n) is 10.1. The van der Waals surface area contributed by atoms with Gasteiger partial charge in [-0.25, -0.2) is 0 Å². The molecule has 10 nitrogen and oxygen atoms in total. The maximum atomic E-state index is 12.2. The molecule has 2 aromatic carbocycles. The van der Waals surface area contributed by atoms with Gasteiger partial charge >= 0.3 is 5.97 Å². The van der Waals surface area contributed by atoms with Crippen molar-refractivity contribution in [2.45, 2.75) is 26.7 Å². The molecule has 0 fully saturated rings. The number of hydrogen-bond acceptors (Lipinski definition) is 7. The number of hydrogen-bond donors (Lipinski definition) is 3. The zero-order valence-corrected chi connectivity index (χ0v) is 17.7. The number of imide groups is 1. The Labute approximate surface area is 184 Å². The highest BCUT2D eigenvalue weighted by molar-refractivity contribution is 6.21. The topological polar surface area (TPSA) is 141 Å². The minimum absolute atomic E-state index is 0.171. The van der Waals surface area contributed by atoms with Crippen LogP contribution in [-0.2, 0) is 9.59 Å². The zero-order chi connectivity index (χ0) is 23.3. The lowest BCUT2D eigenvalue weighted by Crippen LogP contribution is -2.22. The number of rotatable bonds is 9. The number of azo groups is 1. The summed E-state index contributed by atoms with van der Waals surface area (Å²) in [5.74, 6) is -2.45. The molecule has 2 aromatic rings. The molecule has 0 radical (unpaired) electrons. The number of anilines is 2. The first kappa shape index (κ1) is 22.6. The second kappa shape index (κ2) is 9.82. The summed E-state index contributed by atoms with van der Waals surface area (Å²) in [6.45, 7) is 5.55. The summed E-state index contributed by atoms with van der Waals surface area (Å²) in [5.41, 5.74) is 2.50. The molecule has 0 saturated carbocycles. The molecular weight excluding hydrogens is 414 g/mol. The van der Waals surface area contributed by atoms with E-state index >= 15 is 0 Å². The van der Waals surface area contributed by atoms with Crippen LogP contribution in [0.25, 0.3) is 0 Å². The summed E-state index contributed by atoms with van der Waals surface area (Å²) >= 11 is 0. The van der Waals surface area contributed by atoms with Crippen LogP contribution >= 0.6 is 0 Å². The molecule has 10 heteroatoms. The van der Waals surface area contributed by atoms with E-state index in [0.717, 1.165) is 18.8 Å². The lowest BCUT2D eigenvalue weighted by atomic mass is 10.1. The van der Waals surface area contributed by atoms with Gasteiger partial charge in [-0.3, -0.25) is 24.5 Å². The maximum Gasteiger partial charge on any atom is 0.303 e. The third kappa shape index (κ3) is 5.15. The summed E-state index contributed by atoms with van der Waals surface area (Å²) < 4.78 is 0. The second-order valence-electron chi connectivity index (χ2n) is 7.03. The van der Waals surface area contributed by atoms with Gasteiger partial charge in [0, 0.05) is 25.2 Å². The Morgan fingerprint density at radius 3 is 2.38 bits per heavy atom. The number of carbonyl (C=O) groups is 4. The number of benzene rings is 2. The van der Waals surface area contributed by atoms with Gasteiger partial charge in [0.15, 0.2) is 0 Å². The van der Waals surface area contributed by atoms with Gasteiger partial charge in [-0.05, 0) is 50.2 Å². The average molecular weight is 437 g/mol. The Hall–Kier alpha value is -4.08. The number of carboxylic acids is 1. The SMILES string of the molecule is CCN(CC)c1ccc(N=Nc2ccc3c(c2)C(=O)NC3=O)c(NC(=O)CCC(=O)O)c1. The van der Waals surface area contributed by atoms with Crippen LogP contribution in [0.2, 0.25) is 0 Å². The van der Waals surface area contributed by atoms with Crippen molar-refractivity contribution in [3.05, 3.63) is 47.5 Å². The highest BCUT2D eigenvalue weighted by atomic mass is 16.4. The fourth-order valence-corrected chi connectivity index (χ4v) is 3.26. The molecule has 1 aliphatic heterocycles. The van der Waals surface area contributed by atoms with E-state index in [1.807, 2.05) is 19.9 Å². The van der Waals surface area contributed by atoms with E-state index in [4.69, 9.17) is 5.11 Å². The molecule has 0 atom stereocenters.